The number of nitrogens with zero attached hydrogens (tertiary/aromatic N) is 1. The maximum absolute atomic E-state index is 14.1. The van der Waals surface area contributed by atoms with Gasteiger partial charge in [0.25, 0.3) is 0 Å². The van der Waals surface area contributed by atoms with Crippen LogP contribution >= 0.6 is 0 Å². The number of aryl methyl sites for hydroxylation is 1. The van der Waals surface area contributed by atoms with Gasteiger partial charge in [-0.3, -0.25) is 0 Å². The molecule has 108 valence electrons. The van der Waals surface area contributed by atoms with E-state index in [1.165, 1.54) is 25.3 Å². The monoisotopic (exact) mass is 284 g/mol. The van der Waals surface area contributed by atoms with Crippen molar-refractivity contribution in [1.82, 2.24) is 4.98 Å². The molecule has 0 bridgehead atoms. The number of hydrogen-bond acceptors (Lipinski definition) is 2. The van der Waals surface area contributed by atoms with Gasteiger partial charge in [-0.25, -0.2) is 4.39 Å². The molecule has 1 aliphatic heterocycles. The number of fused-ring (bicyclic) bond motifs is 3. The van der Waals surface area contributed by atoms with Crippen molar-refractivity contribution in [2.24, 2.45) is 5.92 Å². The van der Waals surface area contributed by atoms with E-state index in [-0.39, 0.29) is 11.7 Å². The zero-order valence-electron chi connectivity index (χ0n) is 12.0. The van der Waals surface area contributed by atoms with Crippen molar-refractivity contribution >= 4 is 10.9 Å². The SMILES string of the molecule is Cc1cc(F)c(C#N)c2c3c([nH]c12)C(C1CCC1)OCC3. The summed E-state index contributed by atoms with van der Waals surface area (Å²) in [7, 11) is 0. The first-order chi connectivity index (χ1) is 10.2. The predicted molar refractivity (Wildman–Crippen MR) is 77.4 cm³/mol. The third-order valence-corrected chi connectivity index (χ3v) is 4.99. The number of hydrogen-bond donors (Lipinski definition) is 1. The number of nitrogens with one attached hydrogen (secondary N) is 1. The highest BCUT2D eigenvalue weighted by atomic mass is 19.1. The second-order valence-corrected chi connectivity index (χ2v) is 6.16. The molecule has 2 aromatic rings. The average molecular weight is 284 g/mol. The van der Waals surface area contributed by atoms with Gasteiger partial charge in [-0.15, -0.1) is 0 Å². The van der Waals surface area contributed by atoms with Crippen molar-refractivity contribution in [3.63, 3.8) is 0 Å². The van der Waals surface area contributed by atoms with Crippen molar-refractivity contribution in [2.75, 3.05) is 6.61 Å². The number of aromatic nitrogens is 1. The van der Waals surface area contributed by atoms with Gasteiger partial charge in [-0.1, -0.05) is 6.42 Å². The summed E-state index contributed by atoms with van der Waals surface area (Å²) in [4.78, 5) is 3.44. The largest absolute Gasteiger partial charge is 0.371 e. The Morgan fingerprint density at radius 3 is 2.90 bits per heavy atom. The summed E-state index contributed by atoms with van der Waals surface area (Å²) in [6.07, 6.45) is 4.48. The molecule has 0 amide bonds. The van der Waals surface area contributed by atoms with E-state index in [9.17, 15) is 9.65 Å². The van der Waals surface area contributed by atoms with Crippen molar-refractivity contribution in [3.05, 3.63) is 34.3 Å². The van der Waals surface area contributed by atoms with Crippen LogP contribution in [0.1, 0.15) is 47.8 Å². The molecule has 1 saturated carbocycles. The maximum atomic E-state index is 14.1. The first-order valence-corrected chi connectivity index (χ1v) is 7.56. The fourth-order valence-corrected chi connectivity index (χ4v) is 3.68. The zero-order chi connectivity index (χ0) is 14.6. The van der Waals surface area contributed by atoms with E-state index >= 15 is 0 Å². The Morgan fingerprint density at radius 1 is 1.43 bits per heavy atom. The highest BCUT2D eigenvalue weighted by molar-refractivity contribution is 5.92. The van der Waals surface area contributed by atoms with Crippen LogP contribution in [0.4, 0.5) is 4.39 Å². The van der Waals surface area contributed by atoms with E-state index in [0.29, 0.717) is 12.5 Å². The molecule has 1 atom stereocenters. The summed E-state index contributed by atoms with van der Waals surface area (Å²) in [5.74, 6) is 0.142. The molecule has 0 spiro atoms. The topological polar surface area (TPSA) is 48.8 Å². The third-order valence-electron chi connectivity index (χ3n) is 4.99. The fraction of sp³-hybridized carbons (Fsp3) is 0.471. The van der Waals surface area contributed by atoms with Crippen LogP contribution in [0.2, 0.25) is 0 Å². The van der Waals surface area contributed by atoms with Crippen LogP contribution < -0.4 is 0 Å². The van der Waals surface area contributed by atoms with Crippen LogP contribution in [-0.2, 0) is 11.2 Å². The van der Waals surface area contributed by atoms with Crippen LogP contribution in [-0.4, -0.2) is 11.6 Å². The zero-order valence-corrected chi connectivity index (χ0v) is 12.0. The van der Waals surface area contributed by atoms with E-state index in [2.05, 4.69) is 4.98 Å². The molecule has 4 heteroatoms. The van der Waals surface area contributed by atoms with Crippen LogP contribution in [0.5, 0.6) is 0 Å². The number of ether oxygens (including phenoxy) is 1. The molecule has 1 N–H and O–H groups in total. The molecule has 2 heterocycles. The molecule has 1 unspecified atom stereocenters. The van der Waals surface area contributed by atoms with E-state index < -0.39 is 5.82 Å². The average Bonchev–Trinajstić information content (AvgIpc) is 2.79. The molecule has 3 nitrogen and oxygen atoms in total. The summed E-state index contributed by atoms with van der Waals surface area (Å²) in [6.45, 7) is 2.54. The van der Waals surface area contributed by atoms with Gasteiger partial charge >= 0.3 is 0 Å². The van der Waals surface area contributed by atoms with Crippen molar-refractivity contribution in [3.8, 4) is 6.07 Å². The molecule has 1 aromatic heterocycles. The minimum atomic E-state index is -0.420. The summed E-state index contributed by atoms with van der Waals surface area (Å²) in [5.41, 5.74) is 4.08. The minimum absolute atomic E-state index is 0.0869. The molecule has 1 fully saturated rings. The molecular weight excluding hydrogens is 267 g/mol. The molecule has 2 aliphatic rings. The Balaban J connectivity index is 1.99. The second kappa shape index (κ2) is 4.57. The van der Waals surface area contributed by atoms with E-state index in [1.54, 1.807) is 0 Å². The Morgan fingerprint density at radius 2 is 2.24 bits per heavy atom. The number of aromatic amines is 1. The summed E-state index contributed by atoms with van der Waals surface area (Å²) < 4.78 is 20.1. The highest BCUT2D eigenvalue weighted by Crippen LogP contribution is 2.45. The van der Waals surface area contributed by atoms with Gasteiger partial charge in [0.15, 0.2) is 0 Å². The Kier molecular flexibility index (Phi) is 2.80. The molecular formula is C17H17FN2O. The van der Waals surface area contributed by atoms with E-state index in [4.69, 9.17) is 4.74 Å². The number of H-pyrrole nitrogens is 1. The Hall–Kier alpha value is -1.86. The summed E-state index contributed by atoms with van der Waals surface area (Å²) >= 11 is 0. The van der Waals surface area contributed by atoms with Gasteiger partial charge in [0.2, 0.25) is 0 Å². The van der Waals surface area contributed by atoms with Crippen LogP contribution in [0.3, 0.4) is 0 Å². The molecule has 1 aliphatic carbocycles. The van der Waals surface area contributed by atoms with Gasteiger partial charge in [-0.2, -0.15) is 5.26 Å². The number of halogens is 1. The molecule has 1 aromatic carbocycles. The van der Waals surface area contributed by atoms with Crippen molar-refractivity contribution < 1.29 is 9.13 Å². The second-order valence-electron chi connectivity index (χ2n) is 6.16. The number of rotatable bonds is 1. The molecule has 21 heavy (non-hydrogen) atoms. The van der Waals surface area contributed by atoms with Gasteiger partial charge < -0.3 is 9.72 Å². The quantitative estimate of drug-likeness (QED) is 0.863. The maximum Gasteiger partial charge on any atom is 0.141 e. The minimum Gasteiger partial charge on any atom is -0.371 e. The number of nitriles is 1. The van der Waals surface area contributed by atoms with E-state index in [1.807, 2.05) is 13.0 Å². The van der Waals surface area contributed by atoms with Gasteiger partial charge in [-0.05, 0) is 49.3 Å². The predicted octanol–water partition coefficient (Wildman–Crippen LogP) is 3.90. The lowest BCUT2D eigenvalue weighted by Crippen LogP contribution is -2.27. The van der Waals surface area contributed by atoms with Crippen LogP contribution in [0.25, 0.3) is 10.9 Å². The van der Waals surface area contributed by atoms with E-state index in [0.717, 1.165) is 34.1 Å². The summed E-state index contributed by atoms with van der Waals surface area (Å²) in [5, 5.41) is 10.1. The smallest absolute Gasteiger partial charge is 0.141 e. The number of benzene rings is 1. The van der Waals surface area contributed by atoms with Crippen LogP contribution in [0, 0.1) is 30.0 Å². The van der Waals surface area contributed by atoms with Crippen molar-refractivity contribution in [2.45, 2.75) is 38.7 Å². The standard InChI is InChI=1S/C17H17FN2O/c1-9-7-13(18)12(8-19)14-11-5-6-21-17(10-3-2-4-10)16(11)20-15(9)14/h7,10,17,20H,2-6H2,1H3. The lowest BCUT2D eigenvalue weighted by molar-refractivity contribution is -0.0261. The Labute approximate surface area is 122 Å². The highest BCUT2D eigenvalue weighted by Gasteiger charge is 2.35. The first kappa shape index (κ1) is 12.8. The lowest BCUT2D eigenvalue weighted by Gasteiger charge is -2.36. The van der Waals surface area contributed by atoms with Gasteiger partial charge in [0.05, 0.1) is 17.7 Å². The van der Waals surface area contributed by atoms with Crippen LogP contribution in [0.15, 0.2) is 6.07 Å². The Bertz CT molecular complexity index is 767. The molecule has 4 rings (SSSR count). The first-order valence-electron chi connectivity index (χ1n) is 7.56. The summed E-state index contributed by atoms with van der Waals surface area (Å²) in [6, 6.07) is 3.48. The fourth-order valence-electron chi connectivity index (χ4n) is 3.68. The van der Waals surface area contributed by atoms with Gasteiger partial charge in [0, 0.05) is 11.1 Å². The normalized spacial score (nSPS) is 21.9. The van der Waals surface area contributed by atoms with Gasteiger partial charge in [0.1, 0.15) is 18.0 Å². The third kappa shape index (κ3) is 1.74. The molecule has 0 radical (unpaired) electrons. The lowest BCUT2D eigenvalue weighted by atomic mass is 9.78. The van der Waals surface area contributed by atoms with Crippen molar-refractivity contribution in [1.29, 1.82) is 5.26 Å². The molecule has 0 saturated heterocycles.